The zero-order chi connectivity index (χ0) is 11.6. The molecule has 0 unspecified atom stereocenters. The Morgan fingerprint density at radius 1 is 0.882 bits per heavy atom. The molecule has 0 N–H and O–H groups in total. The van der Waals surface area contributed by atoms with Crippen LogP contribution in [-0.2, 0) is 4.74 Å². The molecule has 0 aromatic carbocycles. The number of hydrogen-bond acceptors (Lipinski definition) is 2. The van der Waals surface area contributed by atoms with Gasteiger partial charge in [0, 0.05) is 0 Å². The molecule has 1 rings (SSSR count). The molecular formula is C13H25NaOS2. The van der Waals surface area contributed by atoms with Crippen molar-refractivity contribution in [1.82, 2.24) is 0 Å². The van der Waals surface area contributed by atoms with Crippen molar-refractivity contribution in [3.8, 4) is 0 Å². The minimum absolute atomic E-state index is 0. The van der Waals surface area contributed by atoms with E-state index in [1.54, 1.807) is 0 Å². The van der Waals surface area contributed by atoms with E-state index < -0.39 is 0 Å². The van der Waals surface area contributed by atoms with E-state index in [0.717, 1.165) is 12.8 Å². The Kier molecular flexibility index (Phi) is 13.2. The quantitative estimate of drug-likeness (QED) is 0.448. The van der Waals surface area contributed by atoms with Gasteiger partial charge in [-0.25, -0.2) is 0 Å². The van der Waals surface area contributed by atoms with Crippen molar-refractivity contribution >= 4 is 29.2 Å². The maximum absolute atomic E-state index is 5.59. The summed E-state index contributed by atoms with van der Waals surface area (Å²) in [4.78, 5) is 0. The largest absolute Gasteiger partial charge is 1.00 e. The van der Waals surface area contributed by atoms with E-state index in [-0.39, 0.29) is 31.0 Å². The van der Waals surface area contributed by atoms with Gasteiger partial charge in [0.05, 0.1) is 0 Å². The second-order valence-electron chi connectivity index (χ2n) is 4.77. The van der Waals surface area contributed by atoms with Crippen molar-refractivity contribution in [2.24, 2.45) is 0 Å². The molecular weight excluding hydrogens is 259 g/mol. The summed E-state index contributed by atoms with van der Waals surface area (Å²) in [6, 6.07) is 0. The predicted molar refractivity (Wildman–Crippen MR) is 78.4 cm³/mol. The van der Waals surface area contributed by atoms with Crippen molar-refractivity contribution in [1.29, 1.82) is 0 Å². The molecule has 1 aliphatic carbocycles. The summed E-state index contributed by atoms with van der Waals surface area (Å²) in [7, 11) is 0. The van der Waals surface area contributed by atoms with Crippen molar-refractivity contribution in [2.45, 2.75) is 76.7 Å². The number of ether oxygens (including phenoxy) is 1. The molecule has 0 aliphatic heterocycles. The summed E-state index contributed by atoms with van der Waals surface area (Å²) in [6.07, 6.45) is 14.9. The van der Waals surface area contributed by atoms with Gasteiger partial charge in [0.1, 0.15) is 6.10 Å². The first-order chi connectivity index (χ1) is 7.79. The Labute approximate surface area is 141 Å². The minimum atomic E-state index is 0. The summed E-state index contributed by atoms with van der Waals surface area (Å²) < 4.78 is 6.00. The van der Waals surface area contributed by atoms with Crippen LogP contribution in [0, 0.1) is 0 Å². The van der Waals surface area contributed by atoms with E-state index >= 15 is 0 Å². The van der Waals surface area contributed by atoms with Crippen LogP contribution in [0.5, 0.6) is 0 Å². The third kappa shape index (κ3) is 10.8. The van der Waals surface area contributed by atoms with Gasteiger partial charge in [0.15, 0.2) is 0 Å². The standard InChI is InChI=1S/C13H24OS2.Na.H/c15-13(16)14-12-10-8-6-4-2-1-3-5-7-9-11-12;;/h12H,1-11H2,(H,15,16);;/q;+1;-1. The fourth-order valence-electron chi connectivity index (χ4n) is 2.39. The van der Waals surface area contributed by atoms with E-state index in [4.69, 9.17) is 17.0 Å². The Hall–Kier alpha value is 1.24. The fraction of sp³-hybridized carbons (Fsp3) is 0.923. The Morgan fingerprint density at radius 2 is 1.24 bits per heavy atom. The maximum atomic E-state index is 5.59. The minimum Gasteiger partial charge on any atom is -1.00 e. The van der Waals surface area contributed by atoms with Crippen molar-refractivity contribution in [3.05, 3.63) is 0 Å². The Bertz CT molecular complexity index is 193. The van der Waals surface area contributed by atoms with Gasteiger partial charge in [-0.3, -0.25) is 0 Å². The van der Waals surface area contributed by atoms with Crippen LogP contribution in [0.25, 0.3) is 0 Å². The van der Waals surface area contributed by atoms with Crippen molar-refractivity contribution < 1.29 is 35.7 Å². The van der Waals surface area contributed by atoms with E-state index in [1.807, 2.05) is 0 Å². The summed E-state index contributed by atoms with van der Waals surface area (Å²) in [5.74, 6) is 0. The van der Waals surface area contributed by atoms with Crippen LogP contribution in [0.2, 0.25) is 0 Å². The summed E-state index contributed by atoms with van der Waals surface area (Å²) >= 11 is 8.97. The first-order valence-electron chi connectivity index (χ1n) is 6.68. The van der Waals surface area contributed by atoms with Crippen LogP contribution < -0.4 is 29.6 Å². The first kappa shape index (κ1) is 18.2. The van der Waals surface area contributed by atoms with Gasteiger partial charge in [-0.05, 0) is 37.9 Å². The number of thiol groups is 1. The molecule has 0 saturated heterocycles. The molecule has 0 radical (unpaired) electrons. The molecule has 4 heteroatoms. The first-order valence-corrected chi connectivity index (χ1v) is 7.54. The van der Waals surface area contributed by atoms with Crippen LogP contribution in [0.1, 0.15) is 72.1 Å². The molecule has 0 aromatic heterocycles. The zero-order valence-electron chi connectivity index (χ0n) is 12.1. The van der Waals surface area contributed by atoms with Crippen LogP contribution >= 0.6 is 24.8 Å². The van der Waals surface area contributed by atoms with Gasteiger partial charge in [0.25, 0.3) is 0 Å². The van der Waals surface area contributed by atoms with Crippen molar-refractivity contribution in [2.75, 3.05) is 0 Å². The number of hydrogen-bond donors (Lipinski definition) is 1. The van der Waals surface area contributed by atoms with Gasteiger partial charge in [0.2, 0.25) is 4.38 Å². The molecule has 0 aromatic rings. The van der Waals surface area contributed by atoms with E-state index in [1.165, 1.54) is 57.8 Å². The Morgan fingerprint density at radius 3 is 1.59 bits per heavy atom. The fourth-order valence-corrected chi connectivity index (χ4v) is 2.67. The normalized spacial score (nSPS) is 20.5. The molecule has 1 aliphatic rings. The second kappa shape index (κ2) is 12.3. The van der Waals surface area contributed by atoms with E-state index in [2.05, 4.69) is 12.6 Å². The molecule has 0 amide bonds. The third-order valence-corrected chi connectivity index (χ3v) is 3.52. The van der Waals surface area contributed by atoms with Gasteiger partial charge < -0.3 is 6.16 Å². The van der Waals surface area contributed by atoms with Gasteiger partial charge >= 0.3 is 29.6 Å². The van der Waals surface area contributed by atoms with Crippen LogP contribution in [0.15, 0.2) is 0 Å². The molecule has 1 fully saturated rings. The maximum Gasteiger partial charge on any atom is 1.00 e. The summed E-state index contributed by atoms with van der Waals surface area (Å²) in [6.45, 7) is 0. The molecule has 1 nitrogen and oxygen atoms in total. The molecule has 17 heavy (non-hydrogen) atoms. The number of rotatable bonds is 1. The van der Waals surface area contributed by atoms with E-state index in [0.29, 0.717) is 10.5 Å². The van der Waals surface area contributed by atoms with Crippen LogP contribution in [0.3, 0.4) is 0 Å². The van der Waals surface area contributed by atoms with Gasteiger partial charge in [-0.1, -0.05) is 57.6 Å². The van der Waals surface area contributed by atoms with Gasteiger partial charge in [-0.15, -0.1) is 0 Å². The molecule has 0 bridgehead atoms. The number of thiocarbonyl (C=S) groups is 1. The summed E-state index contributed by atoms with van der Waals surface area (Å²) in [5, 5.41) is 0. The summed E-state index contributed by atoms with van der Waals surface area (Å²) in [5.41, 5.74) is 0. The second-order valence-corrected chi connectivity index (χ2v) is 5.84. The molecule has 0 heterocycles. The van der Waals surface area contributed by atoms with Crippen LogP contribution in [0.4, 0.5) is 0 Å². The van der Waals surface area contributed by atoms with Crippen LogP contribution in [-0.4, -0.2) is 10.5 Å². The average Bonchev–Trinajstić information content (AvgIpc) is 2.21. The monoisotopic (exact) mass is 284 g/mol. The molecule has 0 spiro atoms. The Balaban J connectivity index is 0. The predicted octanol–water partition coefficient (Wildman–Crippen LogP) is 2.01. The van der Waals surface area contributed by atoms with Crippen molar-refractivity contribution in [3.63, 3.8) is 0 Å². The topological polar surface area (TPSA) is 9.23 Å². The smallest absolute Gasteiger partial charge is 1.00 e. The van der Waals surface area contributed by atoms with E-state index in [9.17, 15) is 0 Å². The molecule has 96 valence electrons. The van der Waals surface area contributed by atoms with Gasteiger partial charge in [-0.2, -0.15) is 0 Å². The third-order valence-electron chi connectivity index (χ3n) is 3.32. The molecule has 1 saturated carbocycles. The zero-order valence-corrected chi connectivity index (χ0v) is 14.8. The SMILES string of the molecule is S=C(S)OC1CCCCCCCCCCC1.[H-].[Na+]. The molecule has 0 atom stereocenters. The average molecular weight is 284 g/mol.